The molecule has 1 saturated carbocycles. The molecule has 0 saturated heterocycles. The minimum absolute atomic E-state index is 0.0770. The molecule has 17 heavy (non-hydrogen) atoms. The van der Waals surface area contributed by atoms with Gasteiger partial charge in [-0.1, -0.05) is 12.1 Å². The highest BCUT2D eigenvalue weighted by Crippen LogP contribution is 2.35. The van der Waals surface area contributed by atoms with Crippen LogP contribution in [0, 0.1) is 0 Å². The van der Waals surface area contributed by atoms with E-state index in [2.05, 4.69) is 5.32 Å². The largest absolute Gasteiger partial charge is 0.416 e. The molecule has 0 radical (unpaired) electrons. The van der Waals surface area contributed by atoms with Crippen molar-refractivity contribution in [2.24, 2.45) is 0 Å². The van der Waals surface area contributed by atoms with Crippen LogP contribution in [0.15, 0.2) is 24.3 Å². The number of nitrogens with one attached hydrogen (secondary N) is 1. The lowest BCUT2D eigenvalue weighted by Crippen LogP contribution is -2.34. The van der Waals surface area contributed by atoms with E-state index < -0.39 is 11.7 Å². The maximum Gasteiger partial charge on any atom is 0.416 e. The Labute approximate surface area is 97.5 Å². The standard InChI is InChI=1S/C12H14F3NO/c13-12(14,15)10-3-1-9(2-4-10)7-16-11(8-17)5-6-11/h1-4,16-17H,5-8H2. The number of halogens is 3. The summed E-state index contributed by atoms with van der Waals surface area (Å²) >= 11 is 0. The van der Waals surface area contributed by atoms with E-state index in [1.165, 1.54) is 12.1 Å². The van der Waals surface area contributed by atoms with Crippen LogP contribution >= 0.6 is 0 Å². The molecule has 0 spiro atoms. The van der Waals surface area contributed by atoms with Gasteiger partial charge in [0.1, 0.15) is 0 Å². The third-order valence-corrected chi connectivity index (χ3v) is 3.10. The Kier molecular flexibility index (Phi) is 3.14. The fourth-order valence-electron chi connectivity index (χ4n) is 1.64. The Hall–Kier alpha value is -1.07. The van der Waals surface area contributed by atoms with Gasteiger partial charge in [-0.3, -0.25) is 0 Å². The molecular weight excluding hydrogens is 231 g/mol. The Bertz CT molecular complexity index is 382. The molecule has 1 aliphatic carbocycles. The van der Waals surface area contributed by atoms with Crippen molar-refractivity contribution in [2.75, 3.05) is 6.61 Å². The maximum atomic E-state index is 12.3. The van der Waals surface area contributed by atoms with Crippen LogP contribution in [0.2, 0.25) is 0 Å². The SMILES string of the molecule is OCC1(NCc2ccc(C(F)(F)F)cc2)CC1. The normalized spacial score (nSPS) is 18.1. The highest BCUT2D eigenvalue weighted by molar-refractivity contribution is 5.24. The van der Waals surface area contributed by atoms with Crippen molar-refractivity contribution in [2.45, 2.75) is 31.1 Å². The summed E-state index contributed by atoms with van der Waals surface area (Å²) in [6.45, 7) is 0.562. The van der Waals surface area contributed by atoms with Crippen molar-refractivity contribution < 1.29 is 18.3 Å². The molecule has 0 amide bonds. The molecular formula is C12H14F3NO. The number of hydrogen-bond donors (Lipinski definition) is 2. The first-order valence-corrected chi connectivity index (χ1v) is 5.47. The second kappa shape index (κ2) is 4.31. The first-order valence-electron chi connectivity index (χ1n) is 5.47. The third kappa shape index (κ3) is 2.98. The lowest BCUT2D eigenvalue weighted by atomic mass is 10.1. The van der Waals surface area contributed by atoms with E-state index in [-0.39, 0.29) is 12.1 Å². The van der Waals surface area contributed by atoms with Gasteiger partial charge < -0.3 is 10.4 Å². The molecule has 5 heteroatoms. The van der Waals surface area contributed by atoms with Crippen molar-refractivity contribution >= 4 is 0 Å². The summed E-state index contributed by atoms with van der Waals surface area (Å²) in [5.41, 5.74) is -0.0369. The minimum Gasteiger partial charge on any atom is -0.394 e. The van der Waals surface area contributed by atoms with Crippen LogP contribution in [-0.4, -0.2) is 17.3 Å². The molecule has 94 valence electrons. The number of alkyl halides is 3. The third-order valence-electron chi connectivity index (χ3n) is 3.10. The van der Waals surface area contributed by atoms with Crippen LogP contribution in [0.25, 0.3) is 0 Å². The first-order chi connectivity index (χ1) is 7.95. The van der Waals surface area contributed by atoms with Crippen molar-refractivity contribution in [3.8, 4) is 0 Å². The van der Waals surface area contributed by atoms with Gasteiger partial charge in [0.25, 0.3) is 0 Å². The topological polar surface area (TPSA) is 32.3 Å². The molecule has 0 aliphatic heterocycles. The molecule has 0 aromatic heterocycles. The van der Waals surface area contributed by atoms with Gasteiger partial charge in [-0.05, 0) is 30.5 Å². The quantitative estimate of drug-likeness (QED) is 0.853. The van der Waals surface area contributed by atoms with E-state index in [9.17, 15) is 13.2 Å². The summed E-state index contributed by atoms with van der Waals surface area (Å²) in [5, 5.41) is 12.2. The maximum absolute atomic E-state index is 12.3. The molecule has 1 aliphatic rings. The molecule has 2 nitrogen and oxygen atoms in total. The zero-order valence-corrected chi connectivity index (χ0v) is 9.22. The zero-order chi connectivity index (χ0) is 12.5. The first kappa shape index (κ1) is 12.4. The van der Waals surface area contributed by atoms with Crippen molar-refractivity contribution in [1.82, 2.24) is 5.32 Å². The average molecular weight is 245 g/mol. The number of hydrogen-bond acceptors (Lipinski definition) is 2. The van der Waals surface area contributed by atoms with Crippen LogP contribution in [0.4, 0.5) is 13.2 Å². The van der Waals surface area contributed by atoms with Crippen molar-refractivity contribution in [1.29, 1.82) is 0 Å². The number of benzene rings is 1. The van der Waals surface area contributed by atoms with Crippen molar-refractivity contribution in [3.05, 3.63) is 35.4 Å². The summed E-state index contributed by atoms with van der Waals surface area (Å²) in [6.07, 6.45) is -2.44. The summed E-state index contributed by atoms with van der Waals surface area (Å²) in [6, 6.07) is 5.08. The van der Waals surface area contributed by atoms with Gasteiger partial charge >= 0.3 is 6.18 Å². The number of aliphatic hydroxyl groups is 1. The Balaban J connectivity index is 1.94. The van der Waals surface area contributed by atoms with Gasteiger partial charge in [0.2, 0.25) is 0 Å². The zero-order valence-electron chi connectivity index (χ0n) is 9.22. The van der Waals surface area contributed by atoms with Gasteiger partial charge in [-0.25, -0.2) is 0 Å². The van der Waals surface area contributed by atoms with Crippen LogP contribution < -0.4 is 5.32 Å². The molecule has 1 aromatic carbocycles. The summed E-state index contributed by atoms with van der Waals surface area (Å²) in [4.78, 5) is 0. The number of rotatable bonds is 4. The molecule has 1 aromatic rings. The second-order valence-electron chi connectivity index (χ2n) is 4.49. The van der Waals surface area contributed by atoms with E-state index in [0.717, 1.165) is 30.5 Å². The summed E-state index contributed by atoms with van der Waals surface area (Å²) in [5.74, 6) is 0. The van der Waals surface area contributed by atoms with Crippen molar-refractivity contribution in [3.63, 3.8) is 0 Å². The van der Waals surface area contributed by atoms with E-state index in [1.54, 1.807) is 0 Å². The van der Waals surface area contributed by atoms with E-state index >= 15 is 0 Å². The van der Waals surface area contributed by atoms with E-state index in [0.29, 0.717) is 6.54 Å². The summed E-state index contributed by atoms with van der Waals surface area (Å²) in [7, 11) is 0. The van der Waals surface area contributed by atoms with Crippen LogP contribution in [0.3, 0.4) is 0 Å². The fraction of sp³-hybridized carbons (Fsp3) is 0.500. The van der Waals surface area contributed by atoms with Gasteiger partial charge in [-0.15, -0.1) is 0 Å². The van der Waals surface area contributed by atoms with Crippen LogP contribution in [0.1, 0.15) is 24.0 Å². The fourth-order valence-corrected chi connectivity index (χ4v) is 1.64. The van der Waals surface area contributed by atoms with Crippen LogP contribution in [-0.2, 0) is 12.7 Å². The lowest BCUT2D eigenvalue weighted by Gasteiger charge is -2.14. The van der Waals surface area contributed by atoms with Gasteiger partial charge in [0.05, 0.1) is 12.2 Å². The predicted octanol–water partition coefficient (Wildman–Crippen LogP) is 2.32. The Morgan fingerprint density at radius 3 is 2.18 bits per heavy atom. The minimum atomic E-state index is -4.28. The average Bonchev–Trinajstić information content (AvgIpc) is 3.06. The Morgan fingerprint density at radius 2 is 1.76 bits per heavy atom. The monoisotopic (exact) mass is 245 g/mol. The smallest absolute Gasteiger partial charge is 0.394 e. The molecule has 0 atom stereocenters. The van der Waals surface area contributed by atoms with Gasteiger partial charge in [0, 0.05) is 12.1 Å². The highest BCUT2D eigenvalue weighted by Gasteiger charge is 2.41. The van der Waals surface area contributed by atoms with E-state index in [4.69, 9.17) is 5.11 Å². The van der Waals surface area contributed by atoms with Crippen LogP contribution in [0.5, 0.6) is 0 Å². The molecule has 0 bridgehead atoms. The molecule has 1 fully saturated rings. The summed E-state index contributed by atoms with van der Waals surface area (Å²) < 4.78 is 36.9. The Morgan fingerprint density at radius 1 is 1.18 bits per heavy atom. The van der Waals surface area contributed by atoms with Gasteiger partial charge in [-0.2, -0.15) is 13.2 Å². The predicted molar refractivity (Wildman–Crippen MR) is 57.3 cm³/mol. The highest BCUT2D eigenvalue weighted by atomic mass is 19.4. The molecule has 0 unspecified atom stereocenters. The number of aliphatic hydroxyl groups excluding tert-OH is 1. The van der Waals surface area contributed by atoms with Gasteiger partial charge in [0.15, 0.2) is 0 Å². The second-order valence-corrected chi connectivity index (χ2v) is 4.49. The molecule has 2 rings (SSSR count). The van der Waals surface area contributed by atoms with E-state index in [1.807, 2.05) is 0 Å². The lowest BCUT2D eigenvalue weighted by molar-refractivity contribution is -0.137. The molecule has 2 N–H and O–H groups in total. The molecule has 0 heterocycles.